The number of fused-ring (bicyclic) bond motifs is 3. The predicted molar refractivity (Wildman–Crippen MR) is 125 cm³/mol. The molecule has 0 fully saturated rings. The third-order valence-electron chi connectivity index (χ3n) is 5.50. The van der Waals surface area contributed by atoms with Crippen LogP contribution in [0, 0.1) is 6.92 Å². The van der Waals surface area contributed by atoms with Crippen molar-refractivity contribution in [1.82, 2.24) is 4.57 Å². The lowest BCUT2D eigenvalue weighted by molar-refractivity contribution is 0.866. The first kappa shape index (κ1) is 18.3. The Bertz CT molecular complexity index is 1190. The molecule has 3 aromatic carbocycles. The Balaban J connectivity index is 2.19. The van der Waals surface area contributed by atoms with Crippen LogP contribution in [-0.4, -0.2) is 4.57 Å². The van der Waals surface area contributed by atoms with Crippen LogP contribution < -0.4 is 0 Å². The van der Waals surface area contributed by atoms with Crippen LogP contribution in [-0.2, 0) is 6.42 Å². The van der Waals surface area contributed by atoms with Crippen LogP contribution in [0.15, 0.2) is 67.3 Å². The fourth-order valence-corrected chi connectivity index (χ4v) is 4.25. The highest BCUT2D eigenvalue weighted by Crippen LogP contribution is 2.39. The van der Waals surface area contributed by atoms with E-state index in [1.165, 1.54) is 49.6 Å². The molecule has 1 aromatic heterocycles. The van der Waals surface area contributed by atoms with Gasteiger partial charge in [-0.15, -0.1) is 0 Å². The molecule has 0 spiro atoms. The van der Waals surface area contributed by atoms with E-state index in [2.05, 4.69) is 98.8 Å². The van der Waals surface area contributed by atoms with Crippen molar-refractivity contribution in [2.75, 3.05) is 0 Å². The quantitative estimate of drug-likeness (QED) is 0.339. The van der Waals surface area contributed by atoms with Gasteiger partial charge in [0, 0.05) is 28.2 Å². The first-order chi connectivity index (χ1) is 13.7. The summed E-state index contributed by atoms with van der Waals surface area (Å²) in [6.45, 7) is 10.6. The zero-order valence-electron chi connectivity index (χ0n) is 17.0. The van der Waals surface area contributed by atoms with Gasteiger partial charge < -0.3 is 4.57 Å². The van der Waals surface area contributed by atoms with E-state index in [-0.39, 0.29) is 0 Å². The van der Waals surface area contributed by atoms with Crippen molar-refractivity contribution in [3.63, 3.8) is 0 Å². The van der Waals surface area contributed by atoms with Gasteiger partial charge in [0.15, 0.2) is 0 Å². The minimum atomic E-state index is 1.04. The van der Waals surface area contributed by atoms with Crippen LogP contribution >= 0.6 is 0 Å². The highest BCUT2D eigenvalue weighted by atomic mass is 15.0. The molecule has 1 nitrogen and oxygen atoms in total. The second-order valence-electron chi connectivity index (χ2n) is 7.40. The summed E-state index contributed by atoms with van der Waals surface area (Å²) in [6, 6.07) is 20.0. The number of hydrogen-bond acceptors (Lipinski definition) is 0. The molecule has 0 amide bonds. The lowest BCUT2D eigenvalue weighted by Crippen LogP contribution is -1.96. The van der Waals surface area contributed by atoms with Gasteiger partial charge in [-0.2, -0.15) is 0 Å². The van der Waals surface area contributed by atoms with Crippen molar-refractivity contribution in [2.24, 2.45) is 0 Å². The SMILES string of the molecule is C=Cc1c(CCC)n(/C=C/C)c2c1cc(-c1ccc(C)cc1)c1ccccc12. The van der Waals surface area contributed by atoms with Crippen molar-refractivity contribution in [3.05, 3.63) is 84.1 Å². The molecule has 28 heavy (non-hydrogen) atoms. The standard InChI is InChI=1S/C27H27N/c1-5-10-26-21(7-3)25-18-24(20-15-13-19(4)14-16-20)22-11-8-9-12-23(22)27(25)28(26)17-6-2/h6-9,11-18H,3,5,10H2,1-2,4H3/b17-6+. The van der Waals surface area contributed by atoms with Gasteiger partial charge in [-0.05, 0) is 42.8 Å². The Hall–Kier alpha value is -3.06. The molecule has 0 aliphatic heterocycles. The summed E-state index contributed by atoms with van der Waals surface area (Å²) in [6.07, 6.45) is 8.49. The van der Waals surface area contributed by atoms with Crippen LogP contribution in [0.4, 0.5) is 0 Å². The van der Waals surface area contributed by atoms with E-state index in [1.807, 2.05) is 6.08 Å². The van der Waals surface area contributed by atoms with E-state index in [0.717, 1.165) is 12.8 Å². The number of allylic oxidation sites excluding steroid dienone is 1. The van der Waals surface area contributed by atoms with Crippen LogP contribution in [0.2, 0.25) is 0 Å². The number of aromatic nitrogens is 1. The summed E-state index contributed by atoms with van der Waals surface area (Å²) in [5.41, 5.74) is 7.71. The van der Waals surface area contributed by atoms with Gasteiger partial charge in [-0.1, -0.05) is 86.2 Å². The molecule has 0 saturated heterocycles. The molecule has 0 bridgehead atoms. The van der Waals surface area contributed by atoms with E-state index in [4.69, 9.17) is 0 Å². The van der Waals surface area contributed by atoms with Crippen LogP contribution in [0.1, 0.15) is 37.1 Å². The van der Waals surface area contributed by atoms with Crippen molar-refractivity contribution >= 4 is 34.0 Å². The second kappa shape index (κ2) is 7.52. The average Bonchev–Trinajstić information content (AvgIpc) is 3.01. The Morgan fingerprint density at radius 3 is 2.32 bits per heavy atom. The Labute approximate surface area is 167 Å². The molecule has 0 radical (unpaired) electrons. The minimum absolute atomic E-state index is 1.04. The summed E-state index contributed by atoms with van der Waals surface area (Å²) in [5, 5.41) is 3.87. The average molecular weight is 366 g/mol. The molecular weight excluding hydrogens is 338 g/mol. The Morgan fingerprint density at radius 2 is 1.68 bits per heavy atom. The van der Waals surface area contributed by atoms with E-state index >= 15 is 0 Å². The van der Waals surface area contributed by atoms with Crippen molar-refractivity contribution in [2.45, 2.75) is 33.6 Å². The molecule has 1 heteroatoms. The first-order valence-electron chi connectivity index (χ1n) is 10.1. The number of rotatable bonds is 5. The second-order valence-corrected chi connectivity index (χ2v) is 7.40. The van der Waals surface area contributed by atoms with Gasteiger partial charge in [-0.25, -0.2) is 0 Å². The smallest absolute Gasteiger partial charge is 0.0610 e. The molecule has 0 aliphatic rings. The van der Waals surface area contributed by atoms with Gasteiger partial charge in [0.2, 0.25) is 0 Å². The number of benzene rings is 3. The minimum Gasteiger partial charge on any atom is -0.319 e. The maximum atomic E-state index is 4.15. The van der Waals surface area contributed by atoms with Gasteiger partial charge >= 0.3 is 0 Å². The first-order valence-corrected chi connectivity index (χ1v) is 10.1. The molecule has 1 heterocycles. The highest BCUT2D eigenvalue weighted by Gasteiger charge is 2.18. The lowest BCUT2D eigenvalue weighted by atomic mass is 9.94. The van der Waals surface area contributed by atoms with Crippen LogP contribution in [0.25, 0.3) is 45.1 Å². The normalized spacial score (nSPS) is 11.7. The highest BCUT2D eigenvalue weighted by molar-refractivity contribution is 6.15. The maximum absolute atomic E-state index is 4.15. The van der Waals surface area contributed by atoms with E-state index < -0.39 is 0 Å². The number of nitrogens with zero attached hydrogens (tertiary/aromatic N) is 1. The molecule has 0 N–H and O–H groups in total. The summed E-state index contributed by atoms with van der Waals surface area (Å²) in [4.78, 5) is 0. The van der Waals surface area contributed by atoms with Gasteiger partial charge in [0.1, 0.15) is 0 Å². The number of hydrogen-bond donors (Lipinski definition) is 0. The summed E-state index contributed by atoms with van der Waals surface area (Å²) >= 11 is 0. The van der Waals surface area contributed by atoms with Crippen molar-refractivity contribution < 1.29 is 0 Å². The molecule has 0 saturated carbocycles. The molecule has 0 atom stereocenters. The monoisotopic (exact) mass is 365 g/mol. The molecule has 4 aromatic rings. The van der Waals surface area contributed by atoms with Crippen LogP contribution in [0.5, 0.6) is 0 Å². The van der Waals surface area contributed by atoms with E-state index in [0.29, 0.717) is 0 Å². The van der Waals surface area contributed by atoms with E-state index in [1.54, 1.807) is 0 Å². The maximum Gasteiger partial charge on any atom is 0.0610 e. The van der Waals surface area contributed by atoms with Gasteiger partial charge in [0.05, 0.1) is 5.52 Å². The van der Waals surface area contributed by atoms with Crippen molar-refractivity contribution in [3.8, 4) is 11.1 Å². The summed E-state index contributed by atoms with van der Waals surface area (Å²) in [5.74, 6) is 0. The molecule has 140 valence electrons. The zero-order valence-corrected chi connectivity index (χ0v) is 17.0. The lowest BCUT2D eigenvalue weighted by Gasteiger charge is -2.11. The third kappa shape index (κ3) is 2.88. The van der Waals surface area contributed by atoms with Gasteiger partial charge in [0.25, 0.3) is 0 Å². The zero-order chi connectivity index (χ0) is 19.7. The Kier molecular flexibility index (Phi) is 4.92. The number of aryl methyl sites for hydroxylation is 1. The Morgan fingerprint density at radius 1 is 0.964 bits per heavy atom. The fourth-order valence-electron chi connectivity index (χ4n) is 4.25. The largest absolute Gasteiger partial charge is 0.319 e. The third-order valence-corrected chi connectivity index (χ3v) is 5.50. The topological polar surface area (TPSA) is 4.93 Å². The molecule has 0 aliphatic carbocycles. The molecule has 4 rings (SSSR count). The summed E-state index contributed by atoms with van der Waals surface area (Å²) < 4.78 is 2.37. The van der Waals surface area contributed by atoms with Crippen LogP contribution in [0.3, 0.4) is 0 Å². The van der Waals surface area contributed by atoms with Crippen molar-refractivity contribution in [1.29, 1.82) is 0 Å². The predicted octanol–water partition coefficient (Wildman–Crippen LogP) is 7.86. The summed E-state index contributed by atoms with van der Waals surface area (Å²) in [7, 11) is 0. The van der Waals surface area contributed by atoms with E-state index in [9.17, 15) is 0 Å². The van der Waals surface area contributed by atoms with Gasteiger partial charge in [-0.3, -0.25) is 0 Å². The molecular formula is C27H27N. The fraction of sp³-hybridized carbons (Fsp3) is 0.185. The molecule has 0 unspecified atom stereocenters.